The molecule has 0 spiro atoms. The summed E-state index contributed by atoms with van der Waals surface area (Å²) in [6, 6.07) is -0.536. The molecule has 1 amide bonds. The molecule has 80 heavy (non-hydrogen) atoms. The quantitative estimate of drug-likeness (QED) is 0.0320. The predicted molar refractivity (Wildman–Crippen MR) is 352 cm³/mol. The monoisotopic (exact) mass is 1120 g/mol. The molecule has 0 bridgehead atoms. The van der Waals surface area contributed by atoms with Crippen molar-refractivity contribution in [3.05, 3.63) is 36.5 Å². The third kappa shape index (κ3) is 65.2. The molecule has 0 aromatic carbocycles. The van der Waals surface area contributed by atoms with Crippen molar-refractivity contribution in [1.82, 2.24) is 5.32 Å². The highest BCUT2D eigenvalue weighted by Crippen LogP contribution is 2.19. The standard InChI is InChI=1S/C74H141NO5/c1-3-5-7-9-11-13-14-15-16-38-42-45-48-52-56-60-64-68-74(79)80-69-65-61-57-53-49-46-43-40-37-35-33-31-29-27-25-23-21-19-17-18-20-22-24-26-28-30-32-34-36-39-41-44-47-51-55-59-63-67-73(78)75-71(70-76)72(77)66-62-58-54-50-12-10-8-6-4-2/h11,13,15-17,19,71-72,76-77H,3-10,12,14,18,20-70H2,1-2H3,(H,75,78)/b13-11-,16-15-,19-17-. The summed E-state index contributed by atoms with van der Waals surface area (Å²) >= 11 is 0. The van der Waals surface area contributed by atoms with E-state index in [-0.39, 0.29) is 18.5 Å². The van der Waals surface area contributed by atoms with Gasteiger partial charge in [0.25, 0.3) is 0 Å². The van der Waals surface area contributed by atoms with Crippen molar-refractivity contribution in [2.75, 3.05) is 13.2 Å². The molecule has 0 heterocycles. The van der Waals surface area contributed by atoms with Crippen LogP contribution in [0.15, 0.2) is 36.5 Å². The smallest absolute Gasteiger partial charge is 0.305 e. The number of unbranched alkanes of at least 4 members (excludes halogenated alkanes) is 51. The highest BCUT2D eigenvalue weighted by molar-refractivity contribution is 5.76. The number of aliphatic hydroxyl groups excluding tert-OH is 2. The number of nitrogens with one attached hydrogen (secondary N) is 1. The zero-order chi connectivity index (χ0) is 57.8. The number of carbonyl (C=O) groups is 2. The molecule has 0 fully saturated rings. The first-order valence-corrected chi connectivity index (χ1v) is 36.2. The maximum atomic E-state index is 12.4. The SMILES string of the molecule is CCCCC/C=C\C/C=C\CCCCCCCCCC(=O)OCCCCCCCCCCCCCCCCCC/C=C\CCCCCCCCCCCCCCCCCCCC(=O)NC(CO)C(O)CCCCCCCCCCC. The fourth-order valence-electron chi connectivity index (χ4n) is 11.4. The third-order valence-corrected chi connectivity index (χ3v) is 16.9. The molecule has 2 atom stereocenters. The molecule has 0 saturated heterocycles. The van der Waals surface area contributed by atoms with Crippen molar-refractivity contribution in [1.29, 1.82) is 0 Å². The van der Waals surface area contributed by atoms with Gasteiger partial charge in [0.1, 0.15) is 0 Å². The number of rotatable bonds is 68. The number of hydrogen-bond acceptors (Lipinski definition) is 5. The van der Waals surface area contributed by atoms with Gasteiger partial charge in [0.15, 0.2) is 0 Å². The maximum Gasteiger partial charge on any atom is 0.305 e. The highest BCUT2D eigenvalue weighted by atomic mass is 16.5. The molecule has 0 saturated carbocycles. The number of allylic oxidation sites excluding steroid dienone is 6. The fraction of sp³-hybridized carbons (Fsp3) is 0.892. The van der Waals surface area contributed by atoms with Crippen LogP contribution in [0.3, 0.4) is 0 Å². The Kier molecular flexibility index (Phi) is 67.9. The molecule has 472 valence electrons. The van der Waals surface area contributed by atoms with Gasteiger partial charge in [-0.1, -0.05) is 339 Å². The van der Waals surface area contributed by atoms with E-state index < -0.39 is 12.1 Å². The maximum absolute atomic E-state index is 12.4. The molecule has 2 unspecified atom stereocenters. The van der Waals surface area contributed by atoms with Gasteiger partial charge in [0.05, 0.1) is 25.4 Å². The van der Waals surface area contributed by atoms with E-state index >= 15 is 0 Å². The number of aliphatic hydroxyl groups is 2. The van der Waals surface area contributed by atoms with Crippen LogP contribution in [0.5, 0.6) is 0 Å². The number of ether oxygens (including phenoxy) is 1. The Balaban J connectivity index is 3.30. The van der Waals surface area contributed by atoms with Gasteiger partial charge in [-0.15, -0.1) is 0 Å². The molecule has 3 N–H and O–H groups in total. The Labute approximate surface area is 500 Å². The van der Waals surface area contributed by atoms with Gasteiger partial charge in [-0.05, 0) is 83.5 Å². The van der Waals surface area contributed by atoms with Crippen molar-refractivity contribution in [2.45, 2.75) is 411 Å². The van der Waals surface area contributed by atoms with Crippen LogP contribution in [0.25, 0.3) is 0 Å². The second-order valence-electron chi connectivity index (χ2n) is 24.9. The Morgan fingerprint density at radius 1 is 0.350 bits per heavy atom. The summed E-state index contributed by atoms with van der Waals surface area (Å²) in [5.74, 6) is -0.0179. The number of carbonyl (C=O) groups excluding carboxylic acids is 2. The summed E-state index contributed by atoms with van der Waals surface area (Å²) < 4.78 is 5.50. The van der Waals surface area contributed by atoms with E-state index in [4.69, 9.17) is 4.74 Å². The minimum Gasteiger partial charge on any atom is -0.466 e. The predicted octanol–water partition coefficient (Wildman–Crippen LogP) is 23.5. The third-order valence-electron chi connectivity index (χ3n) is 16.9. The van der Waals surface area contributed by atoms with E-state index in [9.17, 15) is 19.8 Å². The molecular weight excluding hydrogens is 983 g/mol. The summed E-state index contributed by atoms with van der Waals surface area (Å²) in [4.78, 5) is 24.5. The van der Waals surface area contributed by atoms with Crippen LogP contribution in [0.4, 0.5) is 0 Å². The summed E-state index contributed by atoms with van der Waals surface area (Å²) in [7, 11) is 0. The van der Waals surface area contributed by atoms with Gasteiger partial charge < -0.3 is 20.3 Å². The molecular formula is C74H141NO5. The van der Waals surface area contributed by atoms with Crippen molar-refractivity contribution in [2.24, 2.45) is 0 Å². The summed E-state index contributed by atoms with van der Waals surface area (Å²) in [5, 5.41) is 23.1. The fourth-order valence-corrected chi connectivity index (χ4v) is 11.4. The van der Waals surface area contributed by atoms with Crippen molar-refractivity contribution < 1.29 is 24.5 Å². The molecule has 0 radical (unpaired) electrons. The lowest BCUT2D eigenvalue weighted by Crippen LogP contribution is -2.45. The first-order chi connectivity index (χ1) is 39.5. The molecule has 6 nitrogen and oxygen atoms in total. The van der Waals surface area contributed by atoms with E-state index in [1.807, 2.05) is 0 Å². The van der Waals surface area contributed by atoms with Crippen molar-refractivity contribution in [3.63, 3.8) is 0 Å². The average Bonchev–Trinajstić information content (AvgIpc) is 3.46. The Morgan fingerprint density at radius 3 is 0.988 bits per heavy atom. The van der Waals surface area contributed by atoms with Crippen LogP contribution in [-0.4, -0.2) is 47.4 Å². The summed E-state index contributed by atoms with van der Waals surface area (Å²) in [6.07, 6.45) is 89.4. The molecule has 0 aliphatic heterocycles. The second-order valence-corrected chi connectivity index (χ2v) is 24.9. The second kappa shape index (κ2) is 69.6. The number of esters is 1. The van der Waals surface area contributed by atoms with E-state index in [0.29, 0.717) is 25.9 Å². The summed E-state index contributed by atoms with van der Waals surface area (Å²) in [5.41, 5.74) is 0. The lowest BCUT2D eigenvalue weighted by atomic mass is 10.0. The van der Waals surface area contributed by atoms with Crippen molar-refractivity contribution >= 4 is 11.9 Å². The van der Waals surface area contributed by atoms with Gasteiger partial charge in [-0.2, -0.15) is 0 Å². The average molecular weight is 1120 g/mol. The minimum absolute atomic E-state index is 0.0139. The minimum atomic E-state index is -0.659. The molecule has 0 aliphatic rings. The lowest BCUT2D eigenvalue weighted by Gasteiger charge is -2.22. The van der Waals surface area contributed by atoms with Gasteiger partial charge in [0, 0.05) is 12.8 Å². The Hall–Kier alpha value is -1.92. The number of amides is 1. The van der Waals surface area contributed by atoms with Crippen LogP contribution in [0.1, 0.15) is 399 Å². The Morgan fingerprint density at radius 2 is 0.625 bits per heavy atom. The lowest BCUT2D eigenvalue weighted by molar-refractivity contribution is -0.143. The largest absolute Gasteiger partial charge is 0.466 e. The van der Waals surface area contributed by atoms with Gasteiger partial charge in [-0.3, -0.25) is 9.59 Å². The molecule has 6 heteroatoms. The van der Waals surface area contributed by atoms with Gasteiger partial charge in [-0.25, -0.2) is 0 Å². The van der Waals surface area contributed by atoms with E-state index in [1.54, 1.807) is 0 Å². The van der Waals surface area contributed by atoms with E-state index in [2.05, 4.69) is 55.6 Å². The molecule has 0 aromatic heterocycles. The van der Waals surface area contributed by atoms with Crippen molar-refractivity contribution in [3.8, 4) is 0 Å². The molecule has 0 rings (SSSR count). The first-order valence-electron chi connectivity index (χ1n) is 36.2. The van der Waals surface area contributed by atoms with E-state index in [1.165, 1.54) is 315 Å². The zero-order valence-corrected chi connectivity index (χ0v) is 54.1. The van der Waals surface area contributed by atoms with Crippen LogP contribution >= 0.6 is 0 Å². The highest BCUT2D eigenvalue weighted by Gasteiger charge is 2.20. The summed E-state index contributed by atoms with van der Waals surface area (Å²) in [6.45, 7) is 4.93. The van der Waals surface area contributed by atoms with E-state index in [0.717, 1.165) is 51.4 Å². The molecule has 0 aliphatic carbocycles. The molecule has 0 aromatic rings. The zero-order valence-electron chi connectivity index (χ0n) is 54.1. The number of hydrogen-bond donors (Lipinski definition) is 3. The topological polar surface area (TPSA) is 95.9 Å². The van der Waals surface area contributed by atoms with Gasteiger partial charge in [0.2, 0.25) is 5.91 Å². The van der Waals surface area contributed by atoms with Crippen LogP contribution in [0, 0.1) is 0 Å². The first kappa shape index (κ1) is 78.1. The van der Waals surface area contributed by atoms with Crippen LogP contribution in [0.2, 0.25) is 0 Å². The van der Waals surface area contributed by atoms with Gasteiger partial charge >= 0.3 is 5.97 Å². The van der Waals surface area contributed by atoms with Crippen LogP contribution in [-0.2, 0) is 14.3 Å². The van der Waals surface area contributed by atoms with Crippen LogP contribution < -0.4 is 5.32 Å². The Bertz CT molecular complexity index is 1300. The normalized spacial score (nSPS) is 12.7.